The van der Waals surface area contributed by atoms with Gasteiger partial charge in [-0.3, -0.25) is 4.79 Å². The van der Waals surface area contributed by atoms with Crippen LogP contribution in [0.5, 0.6) is 0 Å². The minimum Gasteiger partial charge on any atom is -0.380 e. The zero-order valence-corrected chi connectivity index (χ0v) is 14.9. The second-order valence-electron chi connectivity index (χ2n) is 6.08. The summed E-state index contributed by atoms with van der Waals surface area (Å²) in [5, 5.41) is 9.10. The van der Waals surface area contributed by atoms with Crippen molar-refractivity contribution in [2.75, 3.05) is 18.5 Å². The van der Waals surface area contributed by atoms with E-state index in [9.17, 15) is 9.59 Å². The maximum Gasteiger partial charge on any atom is 0.319 e. The van der Waals surface area contributed by atoms with Crippen LogP contribution in [0.15, 0.2) is 48.5 Å². The molecule has 0 saturated carbocycles. The average molecular weight is 374 g/mol. The highest BCUT2D eigenvalue weighted by Gasteiger charge is 2.25. The molecule has 0 aromatic heterocycles. The molecular weight excluding hydrogens is 354 g/mol. The smallest absolute Gasteiger partial charge is 0.319 e. The molecule has 1 aliphatic rings. The van der Waals surface area contributed by atoms with Gasteiger partial charge in [-0.05, 0) is 35.4 Å². The van der Waals surface area contributed by atoms with E-state index >= 15 is 0 Å². The van der Waals surface area contributed by atoms with Crippen LogP contribution in [0.3, 0.4) is 0 Å². The minimum atomic E-state index is -0.286. The summed E-state index contributed by atoms with van der Waals surface area (Å²) in [4.78, 5) is 23.7. The highest BCUT2D eigenvalue weighted by molar-refractivity contribution is 6.30. The first kappa shape index (κ1) is 18.2. The molecule has 136 valence electrons. The first-order valence-corrected chi connectivity index (χ1v) is 8.71. The fourth-order valence-corrected chi connectivity index (χ4v) is 2.51. The van der Waals surface area contributed by atoms with Crippen molar-refractivity contribution in [2.24, 2.45) is 5.92 Å². The number of nitrogens with one attached hydrogen (secondary N) is 3. The Hall–Kier alpha value is -2.57. The predicted molar refractivity (Wildman–Crippen MR) is 99.9 cm³/mol. The number of carbonyl (C=O) groups excluding carboxylic acids is 2. The van der Waals surface area contributed by atoms with Crippen molar-refractivity contribution >= 4 is 29.2 Å². The molecule has 7 heteroatoms. The van der Waals surface area contributed by atoms with E-state index in [0.717, 1.165) is 11.1 Å². The fourth-order valence-electron chi connectivity index (χ4n) is 2.39. The Morgan fingerprint density at radius 1 is 0.923 bits per heavy atom. The highest BCUT2D eigenvalue weighted by atomic mass is 35.5. The summed E-state index contributed by atoms with van der Waals surface area (Å²) >= 11 is 5.83. The largest absolute Gasteiger partial charge is 0.380 e. The number of rotatable bonds is 6. The zero-order valence-electron chi connectivity index (χ0n) is 14.1. The number of urea groups is 1. The maximum absolute atomic E-state index is 11.9. The highest BCUT2D eigenvalue weighted by Crippen LogP contribution is 2.12. The lowest BCUT2D eigenvalue weighted by Gasteiger charge is -2.24. The lowest BCUT2D eigenvalue weighted by molar-refractivity contribution is -0.139. The summed E-state index contributed by atoms with van der Waals surface area (Å²) in [6.45, 7) is 1.87. The van der Waals surface area contributed by atoms with Gasteiger partial charge in [-0.25, -0.2) is 4.79 Å². The van der Waals surface area contributed by atoms with Crippen molar-refractivity contribution in [3.05, 3.63) is 64.7 Å². The van der Waals surface area contributed by atoms with Crippen LogP contribution >= 0.6 is 11.6 Å². The zero-order chi connectivity index (χ0) is 18.4. The molecular formula is C19H20ClN3O3. The van der Waals surface area contributed by atoms with E-state index in [2.05, 4.69) is 16.0 Å². The molecule has 0 atom stereocenters. The number of hydrogen-bond acceptors (Lipinski definition) is 3. The lowest BCUT2D eigenvalue weighted by Crippen LogP contribution is -2.41. The second kappa shape index (κ2) is 8.69. The van der Waals surface area contributed by atoms with E-state index in [1.165, 1.54) is 0 Å². The van der Waals surface area contributed by atoms with E-state index < -0.39 is 0 Å². The number of carbonyl (C=O) groups is 2. The van der Waals surface area contributed by atoms with Crippen molar-refractivity contribution in [1.29, 1.82) is 0 Å². The van der Waals surface area contributed by atoms with E-state index in [1.54, 1.807) is 24.3 Å². The van der Waals surface area contributed by atoms with Crippen LogP contribution in [0, 0.1) is 5.92 Å². The summed E-state index contributed by atoms with van der Waals surface area (Å²) in [6, 6.07) is 14.3. The Labute approximate surface area is 156 Å². The van der Waals surface area contributed by atoms with Gasteiger partial charge in [0, 0.05) is 23.8 Å². The summed E-state index contributed by atoms with van der Waals surface area (Å²) in [5.74, 6) is -0.0136. The molecule has 1 aliphatic heterocycles. The van der Waals surface area contributed by atoms with Crippen molar-refractivity contribution in [3.63, 3.8) is 0 Å². The molecule has 26 heavy (non-hydrogen) atoms. The SMILES string of the molecule is O=C(NCc1ccc(Cl)cc1)Nc1ccc(CNC(=O)C2COC2)cc1. The van der Waals surface area contributed by atoms with Gasteiger partial charge < -0.3 is 20.7 Å². The summed E-state index contributed by atoms with van der Waals surface area (Å²) in [7, 11) is 0. The normalized spacial score (nSPS) is 13.6. The molecule has 2 aromatic carbocycles. The van der Waals surface area contributed by atoms with Crippen molar-refractivity contribution < 1.29 is 14.3 Å². The Bertz CT molecular complexity index is 759. The van der Waals surface area contributed by atoms with Crippen molar-refractivity contribution in [2.45, 2.75) is 13.1 Å². The first-order chi connectivity index (χ1) is 12.6. The van der Waals surface area contributed by atoms with Crippen LogP contribution < -0.4 is 16.0 Å². The molecule has 0 aliphatic carbocycles. The standard InChI is InChI=1S/C19H20ClN3O3/c20-16-5-1-13(2-6-16)10-22-19(25)23-17-7-3-14(4-8-17)9-21-18(24)15-11-26-12-15/h1-8,15H,9-12H2,(H,21,24)(H2,22,23,25). The molecule has 0 radical (unpaired) electrons. The molecule has 1 fully saturated rings. The van der Waals surface area contributed by atoms with Gasteiger partial charge in [-0.15, -0.1) is 0 Å². The van der Waals surface area contributed by atoms with Crippen LogP contribution in [-0.2, 0) is 22.6 Å². The third-order valence-electron chi connectivity index (χ3n) is 4.05. The molecule has 6 nitrogen and oxygen atoms in total. The van der Waals surface area contributed by atoms with Crippen molar-refractivity contribution in [3.8, 4) is 0 Å². The molecule has 3 rings (SSSR count). The van der Waals surface area contributed by atoms with Crippen molar-refractivity contribution in [1.82, 2.24) is 10.6 Å². The Morgan fingerprint density at radius 3 is 2.08 bits per heavy atom. The lowest BCUT2D eigenvalue weighted by atomic mass is 10.1. The quantitative estimate of drug-likeness (QED) is 0.728. The maximum atomic E-state index is 11.9. The molecule has 1 saturated heterocycles. The van der Waals surface area contributed by atoms with Gasteiger partial charge in [-0.2, -0.15) is 0 Å². The Morgan fingerprint density at radius 2 is 1.50 bits per heavy atom. The fraction of sp³-hybridized carbons (Fsp3) is 0.263. The number of benzene rings is 2. The summed E-state index contributed by atoms with van der Waals surface area (Å²) in [6.07, 6.45) is 0. The van der Waals surface area contributed by atoms with Crippen LogP contribution in [-0.4, -0.2) is 25.2 Å². The van der Waals surface area contributed by atoms with Gasteiger partial charge in [0.1, 0.15) is 0 Å². The van der Waals surface area contributed by atoms with E-state index in [0.29, 0.717) is 37.0 Å². The molecule has 0 unspecified atom stereocenters. The van der Waals surface area contributed by atoms with Crippen LogP contribution in [0.25, 0.3) is 0 Å². The molecule has 1 heterocycles. The number of amides is 3. The third kappa shape index (κ3) is 5.21. The first-order valence-electron chi connectivity index (χ1n) is 8.34. The predicted octanol–water partition coefficient (Wildman–Crippen LogP) is 2.92. The summed E-state index contributed by atoms with van der Waals surface area (Å²) in [5.41, 5.74) is 2.61. The number of halogens is 1. The van der Waals surface area contributed by atoms with Gasteiger partial charge in [0.2, 0.25) is 5.91 Å². The number of anilines is 1. The topological polar surface area (TPSA) is 79.5 Å². The minimum absolute atomic E-state index is 0.0139. The van der Waals surface area contributed by atoms with E-state index in [1.807, 2.05) is 24.3 Å². The molecule has 0 bridgehead atoms. The van der Waals surface area contributed by atoms with Gasteiger partial charge in [0.15, 0.2) is 0 Å². The van der Waals surface area contributed by atoms with Gasteiger partial charge >= 0.3 is 6.03 Å². The van der Waals surface area contributed by atoms with Gasteiger partial charge in [-0.1, -0.05) is 35.9 Å². The average Bonchev–Trinajstić information content (AvgIpc) is 2.59. The van der Waals surface area contributed by atoms with Gasteiger partial charge in [0.05, 0.1) is 19.1 Å². The molecule has 0 spiro atoms. The molecule has 2 aromatic rings. The van der Waals surface area contributed by atoms with Crippen LogP contribution in [0.4, 0.5) is 10.5 Å². The second-order valence-corrected chi connectivity index (χ2v) is 6.52. The Kier molecular flexibility index (Phi) is 6.09. The van der Waals surface area contributed by atoms with E-state index in [-0.39, 0.29) is 17.9 Å². The number of hydrogen-bond donors (Lipinski definition) is 3. The molecule has 3 amide bonds. The molecule has 3 N–H and O–H groups in total. The Balaban J connectivity index is 1.42. The number of ether oxygens (including phenoxy) is 1. The third-order valence-corrected chi connectivity index (χ3v) is 4.31. The van der Waals surface area contributed by atoms with E-state index in [4.69, 9.17) is 16.3 Å². The van der Waals surface area contributed by atoms with Crippen LogP contribution in [0.2, 0.25) is 5.02 Å². The van der Waals surface area contributed by atoms with Crippen LogP contribution in [0.1, 0.15) is 11.1 Å². The van der Waals surface area contributed by atoms with Gasteiger partial charge in [0.25, 0.3) is 0 Å². The summed E-state index contributed by atoms with van der Waals surface area (Å²) < 4.78 is 5.00. The monoisotopic (exact) mass is 373 g/mol.